The molecule has 1 heterocycles. The van der Waals surface area contributed by atoms with Crippen LogP contribution in [0.3, 0.4) is 0 Å². The van der Waals surface area contributed by atoms with Crippen LogP contribution in [-0.4, -0.2) is 24.5 Å². The number of hydrogen-bond acceptors (Lipinski definition) is 6. The Morgan fingerprint density at radius 3 is 2.62 bits per heavy atom. The van der Waals surface area contributed by atoms with E-state index in [1.54, 1.807) is 12.1 Å². The first-order valence-corrected chi connectivity index (χ1v) is 8.76. The summed E-state index contributed by atoms with van der Waals surface area (Å²) in [5, 5.41) is 9.70. The third kappa shape index (κ3) is 4.22. The normalized spacial score (nSPS) is 11.2. The van der Waals surface area contributed by atoms with Crippen molar-refractivity contribution >= 4 is 54.0 Å². The van der Waals surface area contributed by atoms with Gasteiger partial charge in [0.1, 0.15) is 0 Å². The van der Waals surface area contributed by atoms with Gasteiger partial charge in [0.25, 0.3) is 14.4 Å². The predicted octanol–water partition coefficient (Wildman–Crippen LogP) is 2.37. The molecule has 2 N–H and O–H groups in total. The van der Waals surface area contributed by atoms with Crippen LogP contribution in [0.5, 0.6) is 0 Å². The number of hydrogen-bond donors (Lipinski definition) is 2. The number of anilines is 2. The summed E-state index contributed by atoms with van der Waals surface area (Å²) < 4.78 is 27.3. The fraction of sp³-hybridized carbons (Fsp3) is 0.182. The molecule has 0 spiro atoms. The molecule has 0 atom stereocenters. The summed E-state index contributed by atoms with van der Waals surface area (Å²) in [6, 6.07) is 5.19. The van der Waals surface area contributed by atoms with E-state index in [1.165, 1.54) is 6.92 Å². The minimum atomic E-state index is -3.84. The smallest absolute Gasteiger partial charge is 0.291 e. The van der Waals surface area contributed by atoms with Crippen molar-refractivity contribution in [2.24, 2.45) is 0 Å². The first kappa shape index (κ1) is 15.9. The molecule has 1 aromatic heterocycles. The van der Waals surface area contributed by atoms with Crippen molar-refractivity contribution in [1.29, 1.82) is 0 Å². The topological polar surface area (TPSA) is 101 Å². The molecule has 2 rings (SSSR count). The fourth-order valence-electron chi connectivity index (χ4n) is 1.51. The first-order valence-electron chi connectivity index (χ1n) is 5.67. The third-order valence-corrected chi connectivity index (χ3v) is 5.26. The van der Waals surface area contributed by atoms with Gasteiger partial charge in [0.2, 0.25) is 11.0 Å². The first-order chi connectivity index (χ1) is 9.76. The Morgan fingerprint density at radius 1 is 1.29 bits per heavy atom. The van der Waals surface area contributed by atoms with Gasteiger partial charge in [0.05, 0.1) is 5.69 Å². The minimum absolute atomic E-state index is 0.133. The van der Waals surface area contributed by atoms with Gasteiger partial charge in [-0.3, -0.25) is 9.52 Å². The molecule has 0 radical (unpaired) electrons. The summed E-state index contributed by atoms with van der Waals surface area (Å²) in [6.45, 7) is 3.15. The molecule has 0 aliphatic heterocycles. The van der Waals surface area contributed by atoms with Gasteiger partial charge in [-0.2, -0.15) is 8.42 Å². The fourth-order valence-corrected chi connectivity index (χ4v) is 4.11. The number of benzene rings is 1. The Bertz CT molecular complexity index is 768. The van der Waals surface area contributed by atoms with Crippen molar-refractivity contribution < 1.29 is 13.2 Å². The van der Waals surface area contributed by atoms with E-state index < -0.39 is 10.0 Å². The summed E-state index contributed by atoms with van der Waals surface area (Å²) in [5.74, 6) is -0.342. The third-order valence-electron chi connectivity index (χ3n) is 2.21. The molecule has 112 valence electrons. The van der Waals surface area contributed by atoms with Gasteiger partial charge >= 0.3 is 0 Å². The maximum Gasteiger partial charge on any atom is 0.291 e. The van der Waals surface area contributed by atoms with Crippen molar-refractivity contribution in [2.75, 3.05) is 10.0 Å². The van der Waals surface area contributed by atoms with Crippen LogP contribution in [-0.2, 0) is 14.8 Å². The van der Waals surface area contributed by atoms with Crippen LogP contribution in [0.2, 0.25) is 0 Å². The van der Waals surface area contributed by atoms with Gasteiger partial charge in [-0.05, 0) is 30.7 Å². The highest BCUT2D eigenvalue weighted by atomic mass is 79.9. The zero-order chi connectivity index (χ0) is 15.6. The quantitative estimate of drug-likeness (QED) is 0.780. The highest BCUT2D eigenvalue weighted by Crippen LogP contribution is 2.25. The van der Waals surface area contributed by atoms with Gasteiger partial charge in [0.15, 0.2) is 0 Å². The van der Waals surface area contributed by atoms with E-state index in [0.29, 0.717) is 5.69 Å². The Morgan fingerprint density at radius 2 is 2.00 bits per heavy atom. The lowest BCUT2D eigenvalue weighted by atomic mass is 10.2. The van der Waals surface area contributed by atoms with Crippen LogP contribution in [0.25, 0.3) is 0 Å². The lowest BCUT2D eigenvalue weighted by Crippen LogP contribution is -2.12. The Hall–Kier alpha value is -1.52. The van der Waals surface area contributed by atoms with Gasteiger partial charge in [-0.1, -0.05) is 27.3 Å². The molecule has 0 aliphatic carbocycles. The summed E-state index contributed by atoms with van der Waals surface area (Å²) in [5.41, 5.74) is 1.32. The van der Waals surface area contributed by atoms with E-state index >= 15 is 0 Å². The van der Waals surface area contributed by atoms with Gasteiger partial charge in [-0.15, -0.1) is 10.2 Å². The Labute approximate surface area is 134 Å². The molecule has 0 unspecified atom stereocenters. The number of carbonyl (C=O) groups excluding carboxylic acids is 1. The number of aryl methyl sites for hydroxylation is 1. The Kier molecular flexibility index (Phi) is 4.59. The van der Waals surface area contributed by atoms with Crippen LogP contribution in [0.1, 0.15) is 12.5 Å². The second-order valence-electron chi connectivity index (χ2n) is 4.18. The molecule has 2 aromatic rings. The van der Waals surface area contributed by atoms with E-state index in [4.69, 9.17) is 0 Å². The second-order valence-corrected chi connectivity index (χ2v) is 7.93. The molecule has 1 amide bonds. The van der Waals surface area contributed by atoms with Crippen LogP contribution in [0.15, 0.2) is 27.0 Å². The number of aromatic nitrogens is 2. The van der Waals surface area contributed by atoms with E-state index in [9.17, 15) is 13.2 Å². The lowest BCUT2D eigenvalue weighted by Gasteiger charge is -2.06. The van der Waals surface area contributed by atoms with Crippen molar-refractivity contribution in [1.82, 2.24) is 10.2 Å². The number of amides is 1. The van der Waals surface area contributed by atoms with Crippen molar-refractivity contribution in [3.63, 3.8) is 0 Å². The number of rotatable bonds is 4. The molecular formula is C11H11BrN4O3S2. The zero-order valence-corrected chi connectivity index (χ0v) is 14.3. The van der Waals surface area contributed by atoms with Crippen LogP contribution in [0, 0.1) is 6.92 Å². The van der Waals surface area contributed by atoms with Crippen LogP contribution >= 0.6 is 27.3 Å². The maximum atomic E-state index is 12.2. The number of sulfonamides is 1. The number of nitrogens with zero attached hydrogens (tertiary/aromatic N) is 2. The summed E-state index contributed by atoms with van der Waals surface area (Å²) in [6.07, 6.45) is 0. The molecule has 1 aromatic carbocycles. The summed E-state index contributed by atoms with van der Waals surface area (Å²) in [7, 11) is -3.84. The lowest BCUT2D eigenvalue weighted by molar-refractivity contribution is -0.114. The second kappa shape index (κ2) is 6.08. The average molecular weight is 391 g/mol. The molecule has 0 saturated heterocycles. The van der Waals surface area contributed by atoms with E-state index in [1.807, 2.05) is 13.0 Å². The average Bonchev–Trinajstić information content (AvgIpc) is 2.74. The van der Waals surface area contributed by atoms with Crippen molar-refractivity contribution in [3.8, 4) is 0 Å². The van der Waals surface area contributed by atoms with Crippen LogP contribution in [0.4, 0.5) is 10.8 Å². The maximum absolute atomic E-state index is 12.2. The molecule has 0 saturated carbocycles. The largest absolute Gasteiger partial charge is 0.301 e. The molecule has 0 aliphatic rings. The van der Waals surface area contributed by atoms with Crippen molar-refractivity contribution in [2.45, 2.75) is 18.2 Å². The van der Waals surface area contributed by atoms with Gasteiger partial charge < -0.3 is 5.32 Å². The van der Waals surface area contributed by atoms with E-state index in [0.717, 1.165) is 21.4 Å². The molecule has 0 bridgehead atoms. The summed E-state index contributed by atoms with van der Waals surface area (Å²) in [4.78, 5) is 10.9. The van der Waals surface area contributed by atoms with Crippen molar-refractivity contribution in [3.05, 3.63) is 28.2 Å². The molecule has 0 fully saturated rings. The zero-order valence-electron chi connectivity index (χ0n) is 11.0. The van der Waals surface area contributed by atoms with E-state index in [-0.39, 0.29) is 15.4 Å². The number of halogens is 1. The monoisotopic (exact) mass is 390 g/mol. The standard InChI is InChI=1S/C11H11BrN4O3S2/c1-6-3-8(12)5-9(4-6)16-21(18,19)11-15-14-10(20-11)13-7(2)17/h3-5,16H,1-2H3,(H,13,14,17). The highest BCUT2D eigenvalue weighted by Gasteiger charge is 2.21. The molecule has 10 heteroatoms. The molecule has 7 nitrogen and oxygen atoms in total. The summed E-state index contributed by atoms with van der Waals surface area (Å²) >= 11 is 4.08. The number of carbonyl (C=O) groups is 1. The SMILES string of the molecule is CC(=O)Nc1nnc(S(=O)(=O)Nc2cc(C)cc(Br)c2)s1. The van der Waals surface area contributed by atoms with E-state index in [2.05, 4.69) is 36.2 Å². The number of nitrogens with one attached hydrogen (secondary N) is 2. The van der Waals surface area contributed by atoms with Gasteiger partial charge in [-0.25, -0.2) is 0 Å². The highest BCUT2D eigenvalue weighted by molar-refractivity contribution is 9.10. The minimum Gasteiger partial charge on any atom is -0.301 e. The molecular weight excluding hydrogens is 380 g/mol. The Balaban J connectivity index is 2.25. The van der Waals surface area contributed by atoms with Crippen LogP contribution < -0.4 is 10.0 Å². The predicted molar refractivity (Wildman–Crippen MR) is 83.9 cm³/mol. The molecule has 21 heavy (non-hydrogen) atoms. The van der Waals surface area contributed by atoms with Gasteiger partial charge in [0, 0.05) is 11.4 Å².